The molecule has 0 heterocycles. The summed E-state index contributed by atoms with van der Waals surface area (Å²) in [6.45, 7) is 2.69. The van der Waals surface area contributed by atoms with E-state index < -0.39 is 11.9 Å². The Morgan fingerprint density at radius 1 is 1.20 bits per heavy atom. The molecule has 0 saturated carbocycles. The Morgan fingerprint density at radius 3 is 2.52 bits per heavy atom. The van der Waals surface area contributed by atoms with Crippen molar-refractivity contribution in [1.82, 2.24) is 10.6 Å². The largest absolute Gasteiger partial charge is 0.377 e. The van der Waals surface area contributed by atoms with Crippen molar-refractivity contribution in [3.8, 4) is 0 Å². The average molecular weight is 358 g/mol. The van der Waals surface area contributed by atoms with Gasteiger partial charge < -0.3 is 31.6 Å². The number of hydrogen-bond donors (Lipinski definition) is 5. The minimum atomic E-state index is -1.17. The van der Waals surface area contributed by atoms with Crippen molar-refractivity contribution >= 4 is 23.9 Å². The molecular formula is C15H28N5O5. The number of guanidine groups is 1. The Bertz CT molecular complexity index is 433. The second-order valence-electron chi connectivity index (χ2n) is 5.39. The first kappa shape index (κ1) is 23.0. The summed E-state index contributed by atoms with van der Waals surface area (Å²) in [5, 5.41) is 12.3. The van der Waals surface area contributed by atoms with Crippen molar-refractivity contribution in [3.63, 3.8) is 0 Å². The van der Waals surface area contributed by atoms with E-state index in [0.717, 1.165) is 6.42 Å². The molecule has 10 nitrogen and oxygen atoms in total. The lowest BCUT2D eigenvalue weighted by Crippen LogP contribution is -2.35. The average Bonchev–Trinajstić information content (AvgIpc) is 2.53. The molecule has 143 valence electrons. The number of Topliss-reactive ketones (excluding diaryl/α,β-unsaturated/α-hetero) is 1. The molecule has 0 aromatic rings. The van der Waals surface area contributed by atoms with Gasteiger partial charge in [-0.05, 0) is 19.8 Å². The number of carbonyl (C=O) groups is 2. The van der Waals surface area contributed by atoms with Crippen LogP contribution in [0.3, 0.4) is 0 Å². The fourth-order valence-electron chi connectivity index (χ4n) is 1.82. The number of ether oxygens (including phenoxy) is 2. The highest BCUT2D eigenvalue weighted by molar-refractivity contribution is 5.94. The number of amides is 1. The van der Waals surface area contributed by atoms with Crippen LogP contribution in [0.1, 0.15) is 26.2 Å². The predicted molar refractivity (Wildman–Crippen MR) is 91.7 cm³/mol. The van der Waals surface area contributed by atoms with Gasteiger partial charge >= 0.3 is 0 Å². The second kappa shape index (κ2) is 14.3. The molecule has 0 fully saturated rings. The van der Waals surface area contributed by atoms with Crippen molar-refractivity contribution in [2.24, 2.45) is 11.5 Å². The second-order valence-corrected chi connectivity index (χ2v) is 5.39. The molecule has 1 unspecified atom stereocenters. The van der Waals surface area contributed by atoms with Gasteiger partial charge in [0.05, 0.1) is 19.8 Å². The molecule has 0 aliphatic carbocycles. The third kappa shape index (κ3) is 14.0. The third-order valence-electron chi connectivity index (χ3n) is 3.07. The Balaban J connectivity index is 3.55. The first-order chi connectivity index (χ1) is 11.9. The molecule has 0 aliphatic rings. The van der Waals surface area contributed by atoms with Crippen LogP contribution in [0.15, 0.2) is 0 Å². The summed E-state index contributed by atoms with van der Waals surface area (Å²) in [7, 11) is 0. The minimum absolute atomic E-state index is 0.0854. The van der Waals surface area contributed by atoms with Crippen LogP contribution >= 0.6 is 0 Å². The first-order valence-electron chi connectivity index (χ1n) is 8.04. The van der Waals surface area contributed by atoms with Crippen molar-refractivity contribution in [2.45, 2.75) is 38.3 Å². The minimum Gasteiger partial charge on any atom is -0.377 e. The van der Waals surface area contributed by atoms with Crippen LogP contribution in [0.25, 0.3) is 0 Å². The SMILES string of the molecule is CC(=O)C([C]=O)OCCOCCNC(=O)C[C@H](N)CCCNC(=N)N. The zero-order valence-electron chi connectivity index (χ0n) is 14.5. The van der Waals surface area contributed by atoms with Crippen LogP contribution in [0.2, 0.25) is 0 Å². The number of hydrogen-bond acceptors (Lipinski definition) is 7. The van der Waals surface area contributed by atoms with Crippen LogP contribution in [-0.2, 0) is 23.9 Å². The summed E-state index contributed by atoms with van der Waals surface area (Å²) in [4.78, 5) is 33.0. The van der Waals surface area contributed by atoms with E-state index in [0.29, 0.717) is 19.5 Å². The van der Waals surface area contributed by atoms with Gasteiger partial charge in [0.2, 0.25) is 12.2 Å². The number of nitrogens with one attached hydrogen (secondary N) is 3. The lowest BCUT2D eigenvalue weighted by atomic mass is 10.1. The molecule has 10 heteroatoms. The van der Waals surface area contributed by atoms with Gasteiger partial charge in [0, 0.05) is 25.6 Å². The molecule has 7 N–H and O–H groups in total. The van der Waals surface area contributed by atoms with Crippen LogP contribution < -0.4 is 22.1 Å². The lowest BCUT2D eigenvalue weighted by Gasteiger charge is -2.12. The van der Waals surface area contributed by atoms with Crippen molar-refractivity contribution in [1.29, 1.82) is 5.41 Å². The van der Waals surface area contributed by atoms with Gasteiger partial charge in [0.15, 0.2) is 17.8 Å². The van der Waals surface area contributed by atoms with E-state index in [1.807, 2.05) is 0 Å². The maximum atomic E-state index is 11.7. The van der Waals surface area contributed by atoms with E-state index in [1.165, 1.54) is 13.2 Å². The van der Waals surface area contributed by atoms with Gasteiger partial charge in [0.1, 0.15) is 0 Å². The van der Waals surface area contributed by atoms with E-state index in [9.17, 15) is 14.4 Å². The summed E-state index contributed by atoms with van der Waals surface area (Å²) in [6, 6.07) is -0.258. The lowest BCUT2D eigenvalue weighted by molar-refractivity contribution is -0.125. The van der Waals surface area contributed by atoms with Gasteiger partial charge in [-0.25, -0.2) is 0 Å². The maximum absolute atomic E-state index is 11.7. The van der Waals surface area contributed by atoms with Crippen LogP contribution in [-0.4, -0.2) is 69.0 Å². The van der Waals surface area contributed by atoms with Gasteiger partial charge in [-0.3, -0.25) is 19.8 Å². The van der Waals surface area contributed by atoms with Crippen molar-refractivity contribution < 1.29 is 23.9 Å². The Hall–Kier alpha value is -2.04. The summed E-state index contributed by atoms with van der Waals surface area (Å²) >= 11 is 0. The number of carbonyl (C=O) groups excluding carboxylic acids is 3. The van der Waals surface area contributed by atoms with Crippen molar-refractivity contribution in [3.05, 3.63) is 0 Å². The van der Waals surface area contributed by atoms with E-state index >= 15 is 0 Å². The topological polar surface area (TPSA) is 170 Å². The highest BCUT2D eigenvalue weighted by atomic mass is 16.5. The van der Waals surface area contributed by atoms with Crippen LogP contribution in [0.5, 0.6) is 0 Å². The van der Waals surface area contributed by atoms with Crippen LogP contribution in [0.4, 0.5) is 0 Å². The molecule has 0 rings (SSSR count). The smallest absolute Gasteiger partial charge is 0.237 e. The van der Waals surface area contributed by atoms with Gasteiger partial charge in [-0.2, -0.15) is 0 Å². The zero-order valence-corrected chi connectivity index (χ0v) is 14.5. The molecule has 1 amide bonds. The molecule has 2 atom stereocenters. The molecule has 0 saturated heterocycles. The standard InChI is InChI=1S/C15H28N5O5/c1-11(22)13(10-21)25-8-7-24-6-5-19-14(23)9-12(16)3-2-4-20-15(17)18/h12-13H,2-9,16H2,1H3,(H,19,23)(H4,17,18,20)/t12-,13?/m1/s1. The van der Waals surface area contributed by atoms with E-state index in [2.05, 4.69) is 10.6 Å². The fourth-order valence-corrected chi connectivity index (χ4v) is 1.82. The molecule has 0 aromatic heterocycles. The maximum Gasteiger partial charge on any atom is 0.237 e. The first-order valence-corrected chi connectivity index (χ1v) is 8.04. The Morgan fingerprint density at radius 2 is 1.92 bits per heavy atom. The number of nitrogens with two attached hydrogens (primary N) is 2. The molecular weight excluding hydrogens is 330 g/mol. The molecule has 0 bridgehead atoms. The molecule has 0 aliphatic heterocycles. The Kier molecular flexibility index (Phi) is 13.1. The van der Waals surface area contributed by atoms with E-state index in [4.69, 9.17) is 26.4 Å². The normalized spacial score (nSPS) is 12.9. The van der Waals surface area contributed by atoms with Crippen LogP contribution in [0, 0.1) is 5.41 Å². The predicted octanol–water partition coefficient (Wildman–Crippen LogP) is -1.82. The fraction of sp³-hybridized carbons (Fsp3) is 0.733. The Labute approximate surface area is 147 Å². The van der Waals surface area contributed by atoms with Gasteiger partial charge in [-0.15, -0.1) is 0 Å². The van der Waals surface area contributed by atoms with Gasteiger partial charge in [0.25, 0.3) is 0 Å². The third-order valence-corrected chi connectivity index (χ3v) is 3.07. The summed E-state index contributed by atoms with van der Waals surface area (Å²) < 4.78 is 10.2. The van der Waals surface area contributed by atoms with E-state index in [1.54, 1.807) is 0 Å². The number of rotatable bonds is 15. The summed E-state index contributed by atoms with van der Waals surface area (Å²) in [5.41, 5.74) is 11.0. The van der Waals surface area contributed by atoms with Crippen molar-refractivity contribution in [2.75, 3.05) is 32.9 Å². The highest BCUT2D eigenvalue weighted by Crippen LogP contribution is 1.98. The molecule has 25 heavy (non-hydrogen) atoms. The summed E-state index contributed by atoms with van der Waals surface area (Å²) in [5.74, 6) is -0.660. The molecule has 1 radical (unpaired) electrons. The zero-order chi connectivity index (χ0) is 19.1. The quantitative estimate of drug-likeness (QED) is 0.0986. The van der Waals surface area contributed by atoms with E-state index in [-0.39, 0.29) is 44.2 Å². The van der Waals surface area contributed by atoms with Gasteiger partial charge in [-0.1, -0.05) is 0 Å². The summed E-state index contributed by atoms with van der Waals surface area (Å²) in [6.07, 6.45) is 1.89. The molecule has 0 aromatic carbocycles. The molecule has 0 spiro atoms. The monoisotopic (exact) mass is 358 g/mol. The number of ketones is 1. The highest BCUT2D eigenvalue weighted by Gasteiger charge is 2.13.